The maximum Gasteiger partial charge on any atom is 0.411 e. The Balaban J connectivity index is 1.98. The summed E-state index contributed by atoms with van der Waals surface area (Å²) in [6, 6.07) is 0.0386. The fourth-order valence-electron chi connectivity index (χ4n) is 3.12. The molecule has 1 amide bonds. The monoisotopic (exact) mass is 383 g/mol. The van der Waals surface area contributed by atoms with Crippen LogP contribution in [0.1, 0.15) is 54.4 Å². The topological polar surface area (TPSA) is 48.0 Å². The van der Waals surface area contributed by atoms with Gasteiger partial charge in [0.2, 0.25) is 0 Å². The molecule has 0 aromatic rings. The molecule has 0 aromatic heterocycles. The Morgan fingerprint density at radius 3 is 2.42 bits per heavy atom. The third-order valence-electron chi connectivity index (χ3n) is 5.57. The van der Waals surface area contributed by atoms with E-state index in [0.717, 1.165) is 19.4 Å². The molecule has 1 fully saturated rings. The Morgan fingerprint density at radius 2 is 1.88 bits per heavy atom. The van der Waals surface area contributed by atoms with Crippen molar-refractivity contribution in [3.63, 3.8) is 0 Å². The van der Waals surface area contributed by atoms with Crippen molar-refractivity contribution in [3.8, 4) is 0 Å². The second-order valence-corrected chi connectivity index (χ2v) is 14.8. The Morgan fingerprint density at radius 1 is 1.23 bits per heavy atom. The van der Waals surface area contributed by atoms with Crippen molar-refractivity contribution in [3.05, 3.63) is 11.6 Å². The number of carbonyl (C=O) groups is 1. The third-order valence-corrected chi connectivity index (χ3v) is 10.1. The number of hydrogen-bond acceptors (Lipinski definition) is 4. The van der Waals surface area contributed by atoms with Crippen LogP contribution in [0.4, 0.5) is 4.79 Å². The molecule has 6 heteroatoms. The molecule has 26 heavy (non-hydrogen) atoms. The summed E-state index contributed by atoms with van der Waals surface area (Å²) in [4.78, 5) is 14.5. The van der Waals surface area contributed by atoms with E-state index >= 15 is 0 Å². The lowest BCUT2D eigenvalue weighted by atomic mass is 9.93. The van der Waals surface area contributed by atoms with E-state index in [0.29, 0.717) is 13.2 Å². The fraction of sp³-hybridized carbons (Fsp3) is 0.850. The van der Waals surface area contributed by atoms with Gasteiger partial charge in [-0.05, 0) is 51.7 Å². The summed E-state index contributed by atoms with van der Waals surface area (Å²) in [5.41, 5.74) is 0.898. The molecule has 0 aromatic carbocycles. The summed E-state index contributed by atoms with van der Waals surface area (Å²) < 4.78 is 17.6. The normalized spacial score (nSPS) is 24.3. The van der Waals surface area contributed by atoms with Crippen LogP contribution in [0.25, 0.3) is 0 Å². The molecule has 5 nitrogen and oxygen atoms in total. The Hall–Kier alpha value is -0.853. The van der Waals surface area contributed by atoms with Gasteiger partial charge in [-0.3, -0.25) is 4.90 Å². The average molecular weight is 384 g/mol. The van der Waals surface area contributed by atoms with Gasteiger partial charge in [-0.25, -0.2) is 4.79 Å². The lowest BCUT2D eigenvalue weighted by Gasteiger charge is -2.44. The molecule has 2 unspecified atom stereocenters. The lowest BCUT2D eigenvalue weighted by molar-refractivity contribution is -0.0538. The largest absolute Gasteiger partial charge is 0.444 e. The summed E-state index contributed by atoms with van der Waals surface area (Å²) in [6.45, 7) is 19.0. The van der Waals surface area contributed by atoms with E-state index < -0.39 is 13.9 Å². The Kier molecular flexibility index (Phi) is 6.30. The number of nitrogens with zero attached hydrogens (tertiary/aromatic N) is 1. The predicted octanol–water partition coefficient (Wildman–Crippen LogP) is 4.73. The lowest BCUT2D eigenvalue weighted by Crippen LogP contribution is -2.57. The average Bonchev–Trinajstić information content (AvgIpc) is 2.42. The zero-order valence-electron chi connectivity index (χ0n) is 17.8. The van der Waals surface area contributed by atoms with E-state index in [2.05, 4.69) is 39.9 Å². The van der Waals surface area contributed by atoms with Crippen LogP contribution in [0.3, 0.4) is 0 Å². The van der Waals surface area contributed by atoms with Crippen LogP contribution in [-0.4, -0.2) is 56.8 Å². The molecular formula is C20H37NO4Si. The van der Waals surface area contributed by atoms with E-state index in [1.807, 2.05) is 25.7 Å². The molecule has 2 bridgehead atoms. The van der Waals surface area contributed by atoms with Gasteiger partial charge in [0.15, 0.2) is 8.32 Å². The minimum atomic E-state index is -1.71. The highest BCUT2D eigenvalue weighted by molar-refractivity contribution is 6.74. The van der Waals surface area contributed by atoms with E-state index in [1.165, 1.54) is 5.57 Å². The van der Waals surface area contributed by atoms with E-state index in [4.69, 9.17) is 13.9 Å². The van der Waals surface area contributed by atoms with Crippen molar-refractivity contribution in [2.24, 2.45) is 0 Å². The summed E-state index contributed by atoms with van der Waals surface area (Å²) in [7, 11) is -1.71. The molecule has 0 spiro atoms. The Bertz CT molecular complexity index is 545. The van der Waals surface area contributed by atoms with Crippen molar-refractivity contribution in [2.75, 3.05) is 19.8 Å². The SMILES string of the molecule is CC(C)(C)OC(=O)N1C2C=C(CCO[Si](C)(C)C(C)(C)C)CC1COC2. The molecule has 0 saturated carbocycles. The molecular weight excluding hydrogens is 346 g/mol. The highest BCUT2D eigenvalue weighted by Gasteiger charge is 2.40. The summed E-state index contributed by atoms with van der Waals surface area (Å²) in [6.07, 6.45) is 3.73. The second kappa shape index (κ2) is 7.64. The Labute approximate surface area is 160 Å². The van der Waals surface area contributed by atoms with Crippen LogP contribution in [0.5, 0.6) is 0 Å². The number of fused-ring (bicyclic) bond motifs is 2. The van der Waals surface area contributed by atoms with Crippen LogP contribution < -0.4 is 0 Å². The molecule has 1 saturated heterocycles. The van der Waals surface area contributed by atoms with Crippen LogP contribution in [0.15, 0.2) is 11.6 Å². The van der Waals surface area contributed by atoms with E-state index in [-0.39, 0.29) is 23.2 Å². The van der Waals surface area contributed by atoms with Gasteiger partial charge in [0.1, 0.15) is 5.60 Å². The highest BCUT2D eigenvalue weighted by atomic mass is 28.4. The van der Waals surface area contributed by atoms with Gasteiger partial charge >= 0.3 is 6.09 Å². The van der Waals surface area contributed by atoms with Crippen LogP contribution >= 0.6 is 0 Å². The van der Waals surface area contributed by atoms with Crippen LogP contribution in [0.2, 0.25) is 18.1 Å². The number of rotatable bonds is 4. The summed E-state index contributed by atoms with van der Waals surface area (Å²) in [5, 5.41) is 0.228. The first-order valence-corrected chi connectivity index (χ1v) is 12.6. The quantitative estimate of drug-likeness (QED) is 0.520. The van der Waals surface area contributed by atoms with Gasteiger partial charge < -0.3 is 13.9 Å². The van der Waals surface area contributed by atoms with Crippen molar-refractivity contribution < 1.29 is 18.7 Å². The van der Waals surface area contributed by atoms with E-state index in [9.17, 15) is 4.79 Å². The highest BCUT2D eigenvalue weighted by Crippen LogP contribution is 2.37. The maximum atomic E-state index is 12.6. The molecule has 2 rings (SSSR count). The van der Waals surface area contributed by atoms with Crippen LogP contribution in [-0.2, 0) is 13.9 Å². The molecule has 150 valence electrons. The molecule has 2 heterocycles. The van der Waals surface area contributed by atoms with E-state index in [1.54, 1.807) is 0 Å². The maximum absolute atomic E-state index is 12.6. The van der Waals surface area contributed by atoms with Gasteiger partial charge in [-0.2, -0.15) is 0 Å². The molecule has 0 aliphatic carbocycles. The van der Waals surface area contributed by atoms with Gasteiger partial charge in [-0.15, -0.1) is 0 Å². The molecule has 0 radical (unpaired) electrons. The number of amides is 1. The summed E-state index contributed by atoms with van der Waals surface area (Å²) in [5.74, 6) is 0. The molecule has 2 aliphatic rings. The summed E-state index contributed by atoms with van der Waals surface area (Å²) >= 11 is 0. The van der Waals surface area contributed by atoms with Gasteiger partial charge in [0.05, 0.1) is 25.3 Å². The molecule has 2 aliphatic heterocycles. The minimum Gasteiger partial charge on any atom is -0.444 e. The van der Waals surface area contributed by atoms with Gasteiger partial charge in [0, 0.05) is 6.61 Å². The fourth-order valence-corrected chi connectivity index (χ4v) is 4.17. The third kappa shape index (κ3) is 5.33. The molecule has 2 atom stereocenters. The zero-order valence-corrected chi connectivity index (χ0v) is 18.8. The second-order valence-electron chi connectivity index (χ2n) is 10.0. The standard InChI is InChI=1S/C20H37NO4Si/c1-19(2,3)25-18(22)21-16-11-15(12-17(21)14-23-13-16)9-10-24-26(7,8)20(4,5)6/h11,16-17H,9-10,12-14H2,1-8H3. The first kappa shape index (κ1) is 21.4. The number of ether oxygens (including phenoxy) is 2. The van der Waals surface area contributed by atoms with Crippen molar-refractivity contribution in [2.45, 2.75) is 90.2 Å². The number of morpholine rings is 1. The van der Waals surface area contributed by atoms with Gasteiger partial charge in [-0.1, -0.05) is 32.4 Å². The van der Waals surface area contributed by atoms with Crippen molar-refractivity contribution >= 4 is 14.4 Å². The molecule has 0 N–H and O–H groups in total. The number of hydrogen-bond donors (Lipinski definition) is 0. The van der Waals surface area contributed by atoms with Crippen molar-refractivity contribution in [1.82, 2.24) is 4.90 Å². The minimum absolute atomic E-state index is 0.0276. The smallest absolute Gasteiger partial charge is 0.411 e. The first-order chi connectivity index (χ1) is 11.8. The first-order valence-electron chi connectivity index (χ1n) is 9.73. The number of carbonyl (C=O) groups excluding carboxylic acids is 1. The van der Waals surface area contributed by atoms with Crippen LogP contribution in [0, 0.1) is 0 Å². The van der Waals surface area contributed by atoms with Gasteiger partial charge in [0.25, 0.3) is 0 Å². The predicted molar refractivity (Wildman–Crippen MR) is 107 cm³/mol. The zero-order chi connectivity index (χ0) is 19.8. The van der Waals surface area contributed by atoms with Crippen molar-refractivity contribution in [1.29, 1.82) is 0 Å².